The number of rotatable bonds is 5. The Labute approximate surface area is 107 Å². The van der Waals surface area contributed by atoms with Crippen LogP contribution in [-0.2, 0) is 13.0 Å². The van der Waals surface area contributed by atoms with E-state index in [2.05, 4.69) is 10.3 Å². The molecule has 0 amide bonds. The van der Waals surface area contributed by atoms with E-state index in [9.17, 15) is 4.39 Å². The van der Waals surface area contributed by atoms with E-state index in [0.29, 0.717) is 6.54 Å². The highest BCUT2D eigenvalue weighted by Crippen LogP contribution is 2.09. The summed E-state index contributed by atoms with van der Waals surface area (Å²) in [5.74, 6) is -0.142. The Balaban J connectivity index is 1.80. The molecule has 0 bridgehead atoms. The Morgan fingerprint density at radius 3 is 2.72 bits per heavy atom. The summed E-state index contributed by atoms with van der Waals surface area (Å²) in [4.78, 5) is 3.97. The molecule has 0 saturated heterocycles. The zero-order valence-electron chi connectivity index (χ0n) is 10.5. The van der Waals surface area contributed by atoms with Crippen LogP contribution in [0.5, 0.6) is 0 Å². The lowest BCUT2D eigenvalue weighted by Gasteiger charge is -2.07. The Morgan fingerprint density at radius 1 is 1.17 bits per heavy atom. The first-order chi connectivity index (χ1) is 8.75. The Bertz CT molecular complexity index is 497. The van der Waals surface area contributed by atoms with Crippen LogP contribution in [0.3, 0.4) is 0 Å². The van der Waals surface area contributed by atoms with Gasteiger partial charge in [-0.3, -0.25) is 4.98 Å². The van der Waals surface area contributed by atoms with Crippen molar-refractivity contribution in [3.63, 3.8) is 0 Å². The smallest absolute Gasteiger partial charge is 0.127 e. The predicted octanol–water partition coefficient (Wildman–Crippen LogP) is 2.86. The fourth-order valence-corrected chi connectivity index (χ4v) is 1.84. The molecule has 0 radical (unpaired) electrons. The fourth-order valence-electron chi connectivity index (χ4n) is 1.84. The van der Waals surface area contributed by atoms with Gasteiger partial charge in [-0.25, -0.2) is 4.39 Å². The highest BCUT2D eigenvalue weighted by Gasteiger charge is 2.01. The lowest BCUT2D eigenvalue weighted by atomic mass is 10.1. The molecule has 1 heterocycles. The lowest BCUT2D eigenvalue weighted by molar-refractivity contribution is 0.588. The number of pyridine rings is 1. The zero-order valence-corrected chi connectivity index (χ0v) is 10.5. The molecule has 1 aromatic heterocycles. The quantitative estimate of drug-likeness (QED) is 0.818. The van der Waals surface area contributed by atoms with E-state index >= 15 is 0 Å². The van der Waals surface area contributed by atoms with E-state index in [0.717, 1.165) is 24.1 Å². The van der Waals surface area contributed by atoms with Gasteiger partial charge in [0.2, 0.25) is 0 Å². The molecule has 3 heteroatoms. The van der Waals surface area contributed by atoms with Gasteiger partial charge in [0.1, 0.15) is 5.82 Å². The maximum absolute atomic E-state index is 13.5. The third-order valence-electron chi connectivity index (χ3n) is 2.86. The molecule has 0 unspecified atom stereocenters. The van der Waals surface area contributed by atoms with Gasteiger partial charge in [0, 0.05) is 24.5 Å². The van der Waals surface area contributed by atoms with E-state index < -0.39 is 0 Å². The second-order valence-corrected chi connectivity index (χ2v) is 4.38. The summed E-state index contributed by atoms with van der Waals surface area (Å²) in [6.45, 7) is 3.37. The standard InChI is InChI=1S/C15H17FN2/c1-12-2-3-15(16)14(10-12)11-18-9-6-13-4-7-17-8-5-13/h2-5,7-8,10,18H,6,9,11H2,1H3. The Kier molecular flexibility index (Phi) is 4.42. The zero-order chi connectivity index (χ0) is 12.8. The van der Waals surface area contributed by atoms with E-state index in [1.165, 1.54) is 11.6 Å². The first-order valence-corrected chi connectivity index (χ1v) is 6.10. The maximum atomic E-state index is 13.5. The molecule has 0 spiro atoms. The van der Waals surface area contributed by atoms with Crippen LogP contribution >= 0.6 is 0 Å². The van der Waals surface area contributed by atoms with Gasteiger partial charge >= 0.3 is 0 Å². The molecule has 2 rings (SSSR count). The number of halogens is 1. The number of hydrogen-bond acceptors (Lipinski definition) is 2. The molecule has 1 aromatic carbocycles. The van der Waals surface area contributed by atoms with E-state index in [1.54, 1.807) is 18.5 Å². The van der Waals surface area contributed by atoms with Crippen molar-refractivity contribution < 1.29 is 4.39 Å². The van der Waals surface area contributed by atoms with Gasteiger partial charge in [-0.1, -0.05) is 17.7 Å². The van der Waals surface area contributed by atoms with Crippen molar-refractivity contribution in [1.29, 1.82) is 0 Å². The lowest BCUT2D eigenvalue weighted by Crippen LogP contribution is -2.17. The molecule has 0 fully saturated rings. The van der Waals surface area contributed by atoms with Crippen LogP contribution < -0.4 is 5.32 Å². The molecule has 2 aromatic rings. The van der Waals surface area contributed by atoms with Gasteiger partial charge in [0.05, 0.1) is 0 Å². The predicted molar refractivity (Wildman–Crippen MR) is 70.8 cm³/mol. The van der Waals surface area contributed by atoms with Crippen LogP contribution in [0, 0.1) is 12.7 Å². The van der Waals surface area contributed by atoms with Crippen molar-refractivity contribution in [1.82, 2.24) is 10.3 Å². The molecular weight excluding hydrogens is 227 g/mol. The molecule has 0 saturated carbocycles. The largest absolute Gasteiger partial charge is 0.312 e. The number of aromatic nitrogens is 1. The Hall–Kier alpha value is -1.74. The average Bonchev–Trinajstić information content (AvgIpc) is 2.40. The molecule has 1 N–H and O–H groups in total. The number of nitrogens with one attached hydrogen (secondary N) is 1. The van der Waals surface area contributed by atoms with Crippen LogP contribution in [0.2, 0.25) is 0 Å². The second-order valence-electron chi connectivity index (χ2n) is 4.38. The summed E-state index contributed by atoms with van der Waals surface area (Å²) in [5, 5.41) is 3.26. The van der Waals surface area contributed by atoms with E-state index in [4.69, 9.17) is 0 Å². The molecule has 0 aliphatic rings. The SMILES string of the molecule is Cc1ccc(F)c(CNCCc2ccncc2)c1. The first-order valence-electron chi connectivity index (χ1n) is 6.10. The molecule has 94 valence electrons. The third kappa shape index (κ3) is 3.64. The monoisotopic (exact) mass is 244 g/mol. The summed E-state index contributed by atoms with van der Waals surface area (Å²) >= 11 is 0. The molecule has 2 nitrogen and oxygen atoms in total. The highest BCUT2D eigenvalue weighted by molar-refractivity contribution is 5.23. The van der Waals surface area contributed by atoms with Crippen LogP contribution in [0.25, 0.3) is 0 Å². The summed E-state index contributed by atoms with van der Waals surface area (Å²) in [6, 6.07) is 9.18. The topological polar surface area (TPSA) is 24.9 Å². The summed E-state index contributed by atoms with van der Waals surface area (Å²) in [7, 11) is 0. The van der Waals surface area contributed by atoms with Gasteiger partial charge in [-0.15, -0.1) is 0 Å². The molecule has 0 atom stereocenters. The van der Waals surface area contributed by atoms with Gasteiger partial charge in [-0.2, -0.15) is 0 Å². The average molecular weight is 244 g/mol. The van der Waals surface area contributed by atoms with Crippen molar-refractivity contribution >= 4 is 0 Å². The normalized spacial score (nSPS) is 10.6. The van der Waals surface area contributed by atoms with Gasteiger partial charge < -0.3 is 5.32 Å². The van der Waals surface area contributed by atoms with Gasteiger partial charge in [0.15, 0.2) is 0 Å². The van der Waals surface area contributed by atoms with Crippen molar-refractivity contribution in [2.45, 2.75) is 19.9 Å². The van der Waals surface area contributed by atoms with Gasteiger partial charge in [0.25, 0.3) is 0 Å². The van der Waals surface area contributed by atoms with Crippen LogP contribution in [0.15, 0.2) is 42.7 Å². The third-order valence-corrected chi connectivity index (χ3v) is 2.86. The van der Waals surface area contributed by atoms with Gasteiger partial charge in [-0.05, 0) is 43.7 Å². The van der Waals surface area contributed by atoms with Crippen molar-refractivity contribution in [2.75, 3.05) is 6.54 Å². The minimum absolute atomic E-state index is 0.142. The summed E-state index contributed by atoms with van der Waals surface area (Å²) in [5.41, 5.74) is 3.05. The number of benzene rings is 1. The molecule has 18 heavy (non-hydrogen) atoms. The molecule has 0 aliphatic heterocycles. The van der Waals surface area contributed by atoms with Crippen molar-refractivity contribution in [2.24, 2.45) is 0 Å². The minimum atomic E-state index is -0.142. The number of hydrogen-bond donors (Lipinski definition) is 1. The minimum Gasteiger partial charge on any atom is -0.312 e. The number of nitrogens with zero attached hydrogens (tertiary/aromatic N) is 1. The molecular formula is C15H17FN2. The van der Waals surface area contributed by atoms with Crippen molar-refractivity contribution in [3.05, 3.63) is 65.2 Å². The highest BCUT2D eigenvalue weighted by atomic mass is 19.1. The van der Waals surface area contributed by atoms with Crippen molar-refractivity contribution in [3.8, 4) is 0 Å². The second kappa shape index (κ2) is 6.26. The van der Waals surface area contributed by atoms with Crippen LogP contribution in [0.1, 0.15) is 16.7 Å². The van der Waals surface area contributed by atoms with Crippen LogP contribution in [0.4, 0.5) is 4.39 Å². The van der Waals surface area contributed by atoms with Crippen LogP contribution in [-0.4, -0.2) is 11.5 Å². The Morgan fingerprint density at radius 2 is 1.94 bits per heavy atom. The number of aryl methyl sites for hydroxylation is 1. The van der Waals surface area contributed by atoms with E-state index in [-0.39, 0.29) is 5.82 Å². The molecule has 0 aliphatic carbocycles. The van der Waals surface area contributed by atoms with E-state index in [1.807, 2.05) is 25.1 Å². The summed E-state index contributed by atoms with van der Waals surface area (Å²) < 4.78 is 13.5. The summed E-state index contributed by atoms with van der Waals surface area (Å²) in [6.07, 6.45) is 4.50. The fraction of sp³-hybridized carbons (Fsp3) is 0.267. The first kappa shape index (κ1) is 12.7. The maximum Gasteiger partial charge on any atom is 0.127 e.